The molecular formula is C33H42ClN7O4. The largest absolute Gasteiger partial charge is 0.490 e. The number of ether oxygens (including phenoxy) is 2. The first-order valence-corrected chi connectivity index (χ1v) is 16.4. The number of nitrogens with one attached hydrogen (secondary N) is 1. The van der Waals surface area contributed by atoms with Gasteiger partial charge in [-0.1, -0.05) is 11.6 Å². The molecule has 2 aliphatic heterocycles. The summed E-state index contributed by atoms with van der Waals surface area (Å²) in [6, 6.07) is 10.9. The maximum atomic E-state index is 12.9. The Hall–Kier alpha value is -3.62. The molecule has 240 valence electrons. The van der Waals surface area contributed by atoms with Crippen LogP contribution in [-0.4, -0.2) is 95.6 Å². The van der Waals surface area contributed by atoms with Crippen molar-refractivity contribution in [2.24, 2.45) is 17.8 Å². The number of nitriles is 1. The molecule has 2 amide bonds. The van der Waals surface area contributed by atoms with Gasteiger partial charge in [0.1, 0.15) is 17.4 Å². The zero-order valence-corrected chi connectivity index (χ0v) is 27.0. The Morgan fingerprint density at radius 3 is 2.33 bits per heavy atom. The Labute approximate surface area is 269 Å². The number of aromatic nitrogens is 2. The monoisotopic (exact) mass is 635 g/mol. The van der Waals surface area contributed by atoms with Crippen molar-refractivity contribution in [3.8, 4) is 11.8 Å². The third-order valence-corrected chi connectivity index (χ3v) is 9.76. The van der Waals surface area contributed by atoms with E-state index in [0.717, 1.165) is 64.2 Å². The molecule has 0 spiro atoms. The van der Waals surface area contributed by atoms with Gasteiger partial charge in [0.05, 0.1) is 16.7 Å². The normalized spacial score (nSPS) is 26.5. The van der Waals surface area contributed by atoms with E-state index in [1.165, 1.54) is 0 Å². The summed E-state index contributed by atoms with van der Waals surface area (Å²) in [5, 5.41) is 21.2. The van der Waals surface area contributed by atoms with E-state index in [0.29, 0.717) is 52.9 Å². The van der Waals surface area contributed by atoms with Crippen LogP contribution in [0.2, 0.25) is 5.02 Å². The van der Waals surface area contributed by atoms with E-state index in [-0.39, 0.29) is 24.1 Å². The number of hydrogen-bond donors (Lipinski definition) is 1. The first-order chi connectivity index (χ1) is 21.6. The van der Waals surface area contributed by atoms with E-state index in [2.05, 4.69) is 31.4 Å². The first kappa shape index (κ1) is 31.4. The average molecular weight is 636 g/mol. The predicted molar refractivity (Wildman–Crippen MR) is 169 cm³/mol. The zero-order chi connectivity index (χ0) is 31.7. The van der Waals surface area contributed by atoms with Crippen molar-refractivity contribution in [1.82, 2.24) is 25.3 Å². The van der Waals surface area contributed by atoms with Gasteiger partial charge in [0, 0.05) is 57.9 Å². The van der Waals surface area contributed by atoms with Crippen LogP contribution in [0.4, 0.5) is 10.6 Å². The second-order valence-corrected chi connectivity index (χ2v) is 14.2. The molecule has 1 aromatic carbocycles. The summed E-state index contributed by atoms with van der Waals surface area (Å²) in [5.41, 5.74) is 0.291. The van der Waals surface area contributed by atoms with Crippen LogP contribution in [0.5, 0.6) is 5.75 Å². The molecule has 4 aliphatic rings. The lowest BCUT2D eigenvalue weighted by Gasteiger charge is -2.36. The van der Waals surface area contributed by atoms with Gasteiger partial charge in [0.2, 0.25) is 0 Å². The van der Waals surface area contributed by atoms with Crippen LogP contribution in [0, 0.1) is 29.1 Å². The number of hydrogen-bond acceptors (Lipinski definition) is 9. The van der Waals surface area contributed by atoms with Gasteiger partial charge in [-0.25, -0.2) is 4.79 Å². The number of halogens is 1. The van der Waals surface area contributed by atoms with Gasteiger partial charge in [0.15, 0.2) is 11.5 Å². The molecule has 45 heavy (non-hydrogen) atoms. The Morgan fingerprint density at radius 1 is 1.02 bits per heavy atom. The van der Waals surface area contributed by atoms with Crippen molar-refractivity contribution in [2.45, 2.75) is 64.2 Å². The standard InChI is InChI=1S/C33H42ClN7O4/c1-33(2,3)45-32(43)40-14-12-39(13-15-40)18-25-26-19-41(20-27(25)26)30-11-10-29(37-38-30)31(42)36-22-5-8-23(9-6-22)44-24-7-4-21(17-35)28(34)16-24/h4,7,10-11,16,22-23,25-27H,5-6,8-9,12-15,18-20H2,1-3H3,(H,36,42). The molecule has 12 heteroatoms. The van der Waals surface area contributed by atoms with E-state index in [9.17, 15) is 9.59 Å². The molecule has 0 bridgehead atoms. The van der Waals surface area contributed by atoms with Crippen molar-refractivity contribution in [3.05, 3.63) is 46.6 Å². The van der Waals surface area contributed by atoms with Crippen LogP contribution in [-0.2, 0) is 4.74 Å². The number of carbonyl (C=O) groups excluding carboxylic acids is 2. The second kappa shape index (κ2) is 13.0. The van der Waals surface area contributed by atoms with E-state index in [1.807, 2.05) is 31.7 Å². The molecule has 0 radical (unpaired) electrons. The Kier molecular flexibility index (Phi) is 9.07. The molecule has 2 unspecified atom stereocenters. The topological polar surface area (TPSA) is 124 Å². The van der Waals surface area contributed by atoms with Crippen LogP contribution in [0.1, 0.15) is 62.5 Å². The van der Waals surface area contributed by atoms with Gasteiger partial charge in [-0.3, -0.25) is 9.69 Å². The number of anilines is 1. The van der Waals surface area contributed by atoms with Crippen molar-refractivity contribution < 1.29 is 19.1 Å². The summed E-state index contributed by atoms with van der Waals surface area (Å²) in [5.74, 6) is 3.29. The minimum absolute atomic E-state index is 0.0434. The van der Waals surface area contributed by atoms with Gasteiger partial charge in [-0.05, 0) is 88.5 Å². The molecule has 4 fully saturated rings. The van der Waals surface area contributed by atoms with E-state index >= 15 is 0 Å². The fraction of sp³-hybridized carbons (Fsp3) is 0.606. The number of nitrogens with zero attached hydrogens (tertiary/aromatic N) is 6. The fourth-order valence-corrected chi connectivity index (χ4v) is 7.11. The Bertz CT molecular complexity index is 1410. The summed E-state index contributed by atoms with van der Waals surface area (Å²) >= 11 is 6.13. The van der Waals surface area contributed by atoms with Crippen molar-refractivity contribution in [2.75, 3.05) is 50.7 Å². The average Bonchev–Trinajstić information content (AvgIpc) is 3.43. The number of fused-ring (bicyclic) bond motifs is 1. The maximum Gasteiger partial charge on any atom is 0.410 e. The second-order valence-electron chi connectivity index (χ2n) is 13.8. The minimum atomic E-state index is -0.467. The van der Waals surface area contributed by atoms with E-state index in [1.54, 1.807) is 24.3 Å². The quantitative estimate of drug-likeness (QED) is 0.473. The maximum absolute atomic E-state index is 12.9. The predicted octanol–water partition coefficient (Wildman–Crippen LogP) is 4.36. The van der Waals surface area contributed by atoms with Gasteiger partial charge in [-0.2, -0.15) is 5.26 Å². The number of piperazine rings is 1. The SMILES string of the molecule is CC(C)(C)OC(=O)N1CCN(CC2C3CN(c4ccc(C(=O)NC5CCC(Oc6ccc(C#N)c(Cl)c6)CC5)nn4)CC23)CC1. The number of rotatable bonds is 7. The highest BCUT2D eigenvalue weighted by Gasteiger charge is 2.56. The van der Waals surface area contributed by atoms with Gasteiger partial charge < -0.3 is 24.6 Å². The summed E-state index contributed by atoms with van der Waals surface area (Å²) in [4.78, 5) is 31.8. The van der Waals surface area contributed by atoms with Crippen LogP contribution in [0.15, 0.2) is 30.3 Å². The molecule has 2 aliphatic carbocycles. The van der Waals surface area contributed by atoms with Gasteiger partial charge >= 0.3 is 6.09 Å². The number of piperidine rings is 1. The molecule has 2 atom stereocenters. The molecule has 1 aromatic heterocycles. The van der Waals surface area contributed by atoms with Crippen LogP contribution in [0.3, 0.4) is 0 Å². The van der Waals surface area contributed by atoms with Gasteiger partial charge in [0.25, 0.3) is 5.91 Å². The molecule has 1 N–H and O–H groups in total. The smallest absolute Gasteiger partial charge is 0.410 e. The zero-order valence-electron chi connectivity index (χ0n) is 26.2. The Morgan fingerprint density at radius 2 is 1.73 bits per heavy atom. The lowest BCUT2D eigenvalue weighted by molar-refractivity contribution is 0.0139. The van der Waals surface area contributed by atoms with E-state index in [4.69, 9.17) is 26.3 Å². The van der Waals surface area contributed by atoms with Crippen LogP contribution < -0.4 is 15.0 Å². The van der Waals surface area contributed by atoms with Crippen LogP contribution in [0.25, 0.3) is 0 Å². The third kappa shape index (κ3) is 7.61. The summed E-state index contributed by atoms with van der Waals surface area (Å²) in [7, 11) is 0. The fourth-order valence-electron chi connectivity index (χ4n) is 6.90. The number of amides is 2. The highest BCUT2D eigenvalue weighted by molar-refractivity contribution is 6.31. The molecule has 3 heterocycles. The molecule has 2 saturated carbocycles. The molecular weight excluding hydrogens is 594 g/mol. The summed E-state index contributed by atoms with van der Waals surface area (Å²) < 4.78 is 11.6. The highest BCUT2D eigenvalue weighted by Crippen LogP contribution is 2.52. The Balaban J connectivity index is 0.895. The van der Waals surface area contributed by atoms with Gasteiger partial charge in [-0.15, -0.1) is 10.2 Å². The minimum Gasteiger partial charge on any atom is -0.490 e. The number of carbonyl (C=O) groups is 2. The summed E-state index contributed by atoms with van der Waals surface area (Å²) in [6.45, 7) is 11.9. The van der Waals surface area contributed by atoms with Crippen molar-refractivity contribution >= 4 is 29.4 Å². The summed E-state index contributed by atoms with van der Waals surface area (Å²) in [6.07, 6.45) is 3.07. The molecule has 2 aromatic rings. The van der Waals surface area contributed by atoms with Crippen molar-refractivity contribution in [1.29, 1.82) is 5.26 Å². The molecule has 6 rings (SSSR count). The van der Waals surface area contributed by atoms with E-state index < -0.39 is 5.60 Å². The highest BCUT2D eigenvalue weighted by atomic mass is 35.5. The third-order valence-electron chi connectivity index (χ3n) is 9.44. The lowest BCUT2D eigenvalue weighted by atomic mass is 9.93. The number of benzene rings is 1. The first-order valence-electron chi connectivity index (χ1n) is 16.0. The van der Waals surface area contributed by atoms with Crippen LogP contribution >= 0.6 is 11.6 Å². The molecule has 11 nitrogen and oxygen atoms in total. The molecule has 2 saturated heterocycles. The van der Waals surface area contributed by atoms with Crippen molar-refractivity contribution in [3.63, 3.8) is 0 Å². The lowest BCUT2D eigenvalue weighted by Crippen LogP contribution is -2.50.